The van der Waals surface area contributed by atoms with Crippen LogP contribution in [0.3, 0.4) is 0 Å². The summed E-state index contributed by atoms with van der Waals surface area (Å²) in [5.41, 5.74) is 2.86. The van der Waals surface area contributed by atoms with Crippen LogP contribution >= 0.6 is 0 Å². The van der Waals surface area contributed by atoms with Gasteiger partial charge in [-0.3, -0.25) is 9.59 Å². The van der Waals surface area contributed by atoms with Crippen LogP contribution in [0.15, 0.2) is 24.3 Å². The molecule has 1 aromatic carbocycles. The van der Waals surface area contributed by atoms with Gasteiger partial charge in [-0.05, 0) is 37.3 Å². The van der Waals surface area contributed by atoms with Crippen LogP contribution in [0.4, 0.5) is 0 Å². The number of rotatable bonds is 6. The first kappa shape index (κ1) is 29.7. The van der Waals surface area contributed by atoms with Crippen LogP contribution in [0.5, 0.6) is 0 Å². The molecule has 0 aromatic heterocycles. The lowest BCUT2D eigenvalue weighted by molar-refractivity contribution is -0.137. The highest BCUT2D eigenvalue weighted by atomic mass is 16.2. The van der Waals surface area contributed by atoms with E-state index < -0.39 is 0 Å². The minimum atomic E-state index is -0.319. The predicted molar refractivity (Wildman–Crippen MR) is 113 cm³/mol. The Morgan fingerprint density at radius 1 is 0.963 bits per heavy atom. The van der Waals surface area contributed by atoms with Crippen molar-refractivity contribution >= 4 is 24.1 Å². The molecule has 1 unspecified atom stereocenters. The third kappa shape index (κ3) is 17.1. The lowest BCUT2D eigenvalue weighted by Crippen LogP contribution is -2.18. The van der Waals surface area contributed by atoms with Gasteiger partial charge in [-0.15, -0.1) is 0 Å². The zero-order chi connectivity index (χ0) is 22.0. The molecule has 0 saturated heterocycles. The maximum Gasteiger partial charge on any atom is 0.200 e. The van der Waals surface area contributed by atoms with Crippen molar-refractivity contribution in [2.75, 3.05) is 0 Å². The number of ketones is 3. The van der Waals surface area contributed by atoms with Gasteiger partial charge in [-0.2, -0.15) is 0 Å². The Balaban J connectivity index is -0.000000321. The summed E-state index contributed by atoms with van der Waals surface area (Å²) in [6.07, 6.45) is 2.44. The molecule has 154 valence electrons. The highest BCUT2D eigenvalue weighted by Crippen LogP contribution is 2.17. The fraction of sp³-hybridized carbons (Fsp3) is 0.565. The van der Waals surface area contributed by atoms with Gasteiger partial charge in [0.05, 0.1) is 0 Å². The van der Waals surface area contributed by atoms with Crippen molar-refractivity contribution in [2.24, 2.45) is 5.92 Å². The second kappa shape index (κ2) is 18.7. The average molecular weight is 379 g/mol. The molecular formula is C23H38O4. The molecule has 0 aliphatic carbocycles. The van der Waals surface area contributed by atoms with Crippen LogP contribution in [-0.4, -0.2) is 24.1 Å². The Bertz CT molecular complexity index is 547. The third-order valence-electron chi connectivity index (χ3n) is 3.82. The van der Waals surface area contributed by atoms with Gasteiger partial charge in [0.1, 0.15) is 12.6 Å². The van der Waals surface area contributed by atoms with Crippen LogP contribution in [0.1, 0.15) is 84.8 Å². The Morgan fingerprint density at radius 3 is 1.67 bits per heavy atom. The summed E-state index contributed by atoms with van der Waals surface area (Å²) in [5.74, 6) is 0.275. The van der Waals surface area contributed by atoms with Gasteiger partial charge in [-0.25, -0.2) is 0 Å². The number of carbonyl (C=O) groups excluding carboxylic acids is 4. The normalized spacial score (nSPS) is 10.1. The minimum absolute atomic E-state index is 0.0810. The van der Waals surface area contributed by atoms with Gasteiger partial charge >= 0.3 is 0 Å². The van der Waals surface area contributed by atoms with Crippen molar-refractivity contribution in [1.82, 2.24) is 0 Å². The second-order valence-electron chi connectivity index (χ2n) is 6.68. The van der Waals surface area contributed by atoms with E-state index in [4.69, 9.17) is 4.79 Å². The molecule has 0 aliphatic heterocycles. The van der Waals surface area contributed by atoms with Gasteiger partial charge in [0, 0.05) is 19.3 Å². The molecule has 0 aliphatic rings. The molecule has 27 heavy (non-hydrogen) atoms. The third-order valence-corrected chi connectivity index (χ3v) is 3.82. The molecular weight excluding hydrogens is 340 g/mol. The maximum atomic E-state index is 10.9. The van der Waals surface area contributed by atoms with Crippen molar-refractivity contribution in [3.8, 4) is 0 Å². The zero-order valence-corrected chi connectivity index (χ0v) is 18.4. The van der Waals surface area contributed by atoms with Crippen LogP contribution in [0, 0.1) is 12.8 Å². The van der Waals surface area contributed by atoms with Crippen LogP contribution in [0.2, 0.25) is 0 Å². The molecule has 0 heterocycles. The van der Waals surface area contributed by atoms with Gasteiger partial charge in [-0.1, -0.05) is 65.3 Å². The van der Waals surface area contributed by atoms with E-state index in [0.29, 0.717) is 12.3 Å². The Labute approximate surface area is 165 Å². The van der Waals surface area contributed by atoms with E-state index in [1.165, 1.54) is 18.1 Å². The largest absolute Gasteiger partial charge is 0.307 e. The number of aryl methyl sites for hydroxylation is 1. The summed E-state index contributed by atoms with van der Waals surface area (Å²) >= 11 is 0. The van der Waals surface area contributed by atoms with E-state index in [2.05, 4.69) is 45.0 Å². The van der Waals surface area contributed by atoms with E-state index in [1.54, 1.807) is 13.8 Å². The standard InChI is InChI=1S/C10H14.C8H14O2.C4H8O.CH2O/c1-8(2)10-7-5-4-6-9(10)3;1-4-5-6(2)8(10)7(3)9;1-3-4(2)5;1-2/h4-8H,1-3H3;6H,4-5H2,1-3H3;3H2,1-2H3;1H2. The molecule has 0 N–H and O–H groups in total. The van der Waals surface area contributed by atoms with Crippen molar-refractivity contribution in [2.45, 2.75) is 80.6 Å². The highest BCUT2D eigenvalue weighted by Gasteiger charge is 2.15. The SMILES string of the molecule is C=O.CCC(C)=O.CCCC(C)C(=O)C(C)=O.Cc1ccccc1C(C)C. The molecule has 1 rings (SSSR count). The number of hydrogen-bond acceptors (Lipinski definition) is 4. The van der Waals surface area contributed by atoms with Gasteiger partial charge in [0.2, 0.25) is 5.78 Å². The molecule has 0 spiro atoms. The number of Topliss-reactive ketones (excluding diaryl/α,β-unsaturated/α-hetero) is 3. The van der Waals surface area contributed by atoms with Crippen LogP contribution in [0.25, 0.3) is 0 Å². The van der Waals surface area contributed by atoms with Gasteiger partial charge in [0.25, 0.3) is 0 Å². The quantitative estimate of drug-likeness (QED) is 0.613. The van der Waals surface area contributed by atoms with E-state index in [-0.39, 0.29) is 23.3 Å². The summed E-state index contributed by atoms with van der Waals surface area (Å²) in [4.78, 5) is 39.2. The summed E-state index contributed by atoms with van der Waals surface area (Å²) in [5, 5.41) is 0. The van der Waals surface area contributed by atoms with E-state index in [1.807, 2.05) is 20.6 Å². The minimum Gasteiger partial charge on any atom is -0.307 e. The highest BCUT2D eigenvalue weighted by molar-refractivity contribution is 6.36. The van der Waals surface area contributed by atoms with Crippen molar-refractivity contribution in [3.05, 3.63) is 35.4 Å². The lowest BCUT2D eigenvalue weighted by atomic mass is 9.99. The van der Waals surface area contributed by atoms with Crippen LogP contribution in [-0.2, 0) is 19.2 Å². The van der Waals surface area contributed by atoms with Crippen molar-refractivity contribution < 1.29 is 19.2 Å². The summed E-state index contributed by atoms with van der Waals surface area (Å²) in [6.45, 7) is 17.2. The van der Waals surface area contributed by atoms with Crippen molar-refractivity contribution in [3.63, 3.8) is 0 Å². The van der Waals surface area contributed by atoms with Gasteiger partial charge in [0.15, 0.2) is 5.78 Å². The molecule has 0 bridgehead atoms. The zero-order valence-electron chi connectivity index (χ0n) is 18.4. The average Bonchev–Trinajstić information content (AvgIpc) is 2.64. The topological polar surface area (TPSA) is 68.3 Å². The molecule has 0 radical (unpaired) electrons. The first-order valence-corrected chi connectivity index (χ1v) is 9.46. The van der Waals surface area contributed by atoms with E-state index >= 15 is 0 Å². The monoisotopic (exact) mass is 378 g/mol. The first-order valence-electron chi connectivity index (χ1n) is 9.46. The number of carbonyl (C=O) groups is 4. The Hall–Kier alpha value is -2.10. The number of benzene rings is 1. The molecule has 0 saturated carbocycles. The Kier molecular flexibility index (Phi) is 20.5. The fourth-order valence-corrected chi connectivity index (χ4v) is 2.15. The number of hydrogen-bond donors (Lipinski definition) is 0. The molecule has 1 aromatic rings. The van der Waals surface area contributed by atoms with Crippen LogP contribution < -0.4 is 0 Å². The van der Waals surface area contributed by atoms with E-state index in [0.717, 1.165) is 12.8 Å². The second-order valence-corrected chi connectivity index (χ2v) is 6.68. The van der Waals surface area contributed by atoms with E-state index in [9.17, 15) is 14.4 Å². The predicted octanol–water partition coefficient (Wildman–Crippen LogP) is 5.50. The molecule has 4 heteroatoms. The lowest BCUT2D eigenvalue weighted by Gasteiger charge is -2.07. The molecule has 0 fully saturated rings. The maximum absolute atomic E-state index is 10.9. The molecule has 4 nitrogen and oxygen atoms in total. The molecule has 1 atom stereocenters. The summed E-state index contributed by atoms with van der Waals surface area (Å²) < 4.78 is 0. The smallest absolute Gasteiger partial charge is 0.200 e. The van der Waals surface area contributed by atoms with Gasteiger partial charge < -0.3 is 9.59 Å². The fourth-order valence-electron chi connectivity index (χ4n) is 2.15. The first-order chi connectivity index (χ1) is 12.6. The summed E-state index contributed by atoms with van der Waals surface area (Å²) in [7, 11) is 0. The molecule has 0 amide bonds. The van der Waals surface area contributed by atoms with Crippen molar-refractivity contribution in [1.29, 1.82) is 0 Å². The summed E-state index contributed by atoms with van der Waals surface area (Å²) in [6, 6.07) is 8.54. The Morgan fingerprint density at radius 2 is 1.41 bits per heavy atom.